The molecule has 1 rings (SSSR count). The van der Waals surface area contributed by atoms with Gasteiger partial charge in [0.25, 0.3) is 0 Å². The molecule has 15 heavy (non-hydrogen) atoms. The second kappa shape index (κ2) is 5.62. The van der Waals surface area contributed by atoms with Crippen LogP contribution in [0, 0.1) is 6.92 Å². The zero-order valence-corrected chi connectivity index (χ0v) is 9.88. The van der Waals surface area contributed by atoms with Crippen LogP contribution in [-0.4, -0.2) is 0 Å². The Morgan fingerprint density at radius 1 is 1.33 bits per heavy atom. The highest BCUT2D eigenvalue weighted by molar-refractivity contribution is 6.31. The highest BCUT2D eigenvalue weighted by Crippen LogP contribution is 2.13. The van der Waals surface area contributed by atoms with Gasteiger partial charge in [-0.2, -0.15) is 0 Å². The van der Waals surface area contributed by atoms with Crippen LogP contribution in [0.15, 0.2) is 47.1 Å². The highest BCUT2D eigenvalue weighted by Gasteiger charge is 1.99. The number of benzene rings is 1. The maximum absolute atomic E-state index is 5.98. The molecule has 0 bridgehead atoms. The Bertz CT molecular complexity index is 374. The van der Waals surface area contributed by atoms with E-state index in [4.69, 9.17) is 17.3 Å². The molecule has 1 aromatic rings. The fraction of sp³-hybridized carbons (Fsp3) is 0.231. The van der Waals surface area contributed by atoms with Gasteiger partial charge in [-0.05, 0) is 25.5 Å². The van der Waals surface area contributed by atoms with Crippen molar-refractivity contribution in [3.8, 4) is 0 Å². The summed E-state index contributed by atoms with van der Waals surface area (Å²) in [5, 5.41) is 0.623. The second-order valence-corrected chi connectivity index (χ2v) is 3.94. The number of hydrogen-bond donors (Lipinski definition) is 1. The molecule has 0 unspecified atom stereocenters. The predicted octanol–water partition coefficient (Wildman–Crippen LogP) is 3.52. The molecule has 0 aliphatic heterocycles. The van der Waals surface area contributed by atoms with Crippen LogP contribution in [0.4, 0.5) is 0 Å². The first-order valence-corrected chi connectivity index (χ1v) is 5.33. The molecular weight excluding hydrogens is 206 g/mol. The van der Waals surface area contributed by atoms with Crippen molar-refractivity contribution in [2.24, 2.45) is 5.73 Å². The van der Waals surface area contributed by atoms with Crippen molar-refractivity contribution >= 4 is 11.6 Å². The molecule has 1 aromatic carbocycles. The number of allylic oxidation sites excluding steroid dienone is 4. The van der Waals surface area contributed by atoms with Crippen LogP contribution in [0.25, 0.3) is 0 Å². The van der Waals surface area contributed by atoms with Crippen molar-refractivity contribution in [2.75, 3.05) is 0 Å². The molecule has 0 amide bonds. The summed E-state index contributed by atoms with van der Waals surface area (Å²) in [6, 6.07) is 8.29. The van der Waals surface area contributed by atoms with E-state index < -0.39 is 0 Å². The molecule has 0 saturated carbocycles. The minimum Gasteiger partial charge on any atom is -0.401 e. The van der Waals surface area contributed by atoms with Gasteiger partial charge >= 0.3 is 0 Å². The quantitative estimate of drug-likeness (QED) is 0.777. The van der Waals surface area contributed by atoms with Crippen LogP contribution in [0.5, 0.6) is 0 Å². The number of aryl methyl sites for hydroxylation is 1. The molecule has 0 heterocycles. The normalized spacial score (nSPS) is 13.0. The van der Waals surface area contributed by atoms with E-state index in [9.17, 15) is 0 Å². The summed E-state index contributed by atoms with van der Waals surface area (Å²) in [7, 11) is 0. The van der Waals surface area contributed by atoms with Gasteiger partial charge in [-0.25, -0.2) is 0 Å². The number of hydrogen-bond acceptors (Lipinski definition) is 1. The van der Waals surface area contributed by atoms with Gasteiger partial charge in [0.05, 0.1) is 5.03 Å². The van der Waals surface area contributed by atoms with Gasteiger partial charge in [0.15, 0.2) is 0 Å². The first-order chi connectivity index (χ1) is 7.13. The molecule has 0 radical (unpaired) electrons. The zero-order valence-electron chi connectivity index (χ0n) is 9.13. The standard InChI is InChI=1S/C13H16ClN/c1-3-4-12(14)13(15)9-11-7-5-10(2)6-8-11/h3-8H,9,15H2,1-2H3/b4-3-,13-12+. The van der Waals surface area contributed by atoms with Gasteiger partial charge < -0.3 is 5.73 Å². The monoisotopic (exact) mass is 221 g/mol. The molecule has 0 spiro atoms. The van der Waals surface area contributed by atoms with E-state index in [0.717, 1.165) is 0 Å². The third-order valence-corrected chi connectivity index (χ3v) is 2.50. The molecule has 80 valence electrons. The summed E-state index contributed by atoms with van der Waals surface area (Å²) in [6.45, 7) is 3.98. The second-order valence-electron chi connectivity index (χ2n) is 3.54. The van der Waals surface area contributed by atoms with E-state index in [2.05, 4.69) is 31.2 Å². The van der Waals surface area contributed by atoms with Crippen LogP contribution in [0.3, 0.4) is 0 Å². The van der Waals surface area contributed by atoms with E-state index in [1.165, 1.54) is 11.1 Å². The number of nitrogens with two attached hydrogens (primary N) is 1. The van der Waals surface area contributed by atoms with Crippen LogP contribution < -0.4 is 5.73 Å². The molecule has 0 fully saturated rings. The fourth-order valence-electron chi connectivity index (χ4n) is 1.26. The summed E-state index contributed by atoms with van der Waals surface area (Å²) in [6.07, 6.45) is 4.39. The highest BCUT2D eigenvalue weighted by atomic mass is 35.5. The average Bonchev–Trinajstić information content (AvgIpc) is 2.22. The molecule has 0 saturated heterocycles. The van der Waals surface area contributed by atoms with Crippen LogP contribution in [0.1, 0.15) is 18.1 Å². The molecule has 2 N–H and O–H groups in total. The molecule has 1 nitrogen and oxygen atoms in total. The Hall–Kier alpha value is -1.21. The number of rotatable bonds is 3. The minimum absolute atomic E-state index is 0.623. The maximum Gasteiger partial charge on any atom is 0.0593 e. The van der Waals surface area contributed by atoms with Crippen LogP contribution in [-0.2, 0) is 6.42 Å². The van der Waals surface area contributed by atoms with Gasteiger partial charge in [-0.1, -0.05) is 47.5 Å². The summed E-state index contributed by atoms with van der Waals surface area (Å²) in [5.74, 6) is 0. The topological polar surface area (TPSA) is 26.0 Å². The van der Waals surface area contributed by atoms with Crippen molar-refractivity contribution in [1.29, 1.82) is 0 Å². The third-order valence-electron chi connectivity index (χ3n) is 2.13. The van der Waals surface area contributed by atoms with E-state index in [1.807, 2.05) is 19.1 Å². The summed E-state index contributed by atoms with van der Waals surface area (Å²) >= 11 is 5.98. The van der Waals surface area contributed by atoms with Crippen molar-refractivity contribution in [3.63, 3.8) is 0 Å². The van der Waals surface area contributed by atoms with E-state index >= 15 is 0 Å². The Kier molecular flexibility index (Phi) is 4.44. The molecule has 0 atom stereocenters. The van der Waals surface area contributed by atoms with Gasteiger partial charge in [0.1, 0.15) is 0 Å². The lowest BCUT2D eigenvalue weighted by atomic mass is 10.1. The zero-order chi connectivity index (χ0) is 11.3. The van der Waals surface area contributed by atoms with Gasteiger partial charge in [0, 0.05) is 12.1 Å². The summed E-state index contributed by atoms with van der Waals surface area (Å²) < 4.78 is 0. The Labute approximate surface area is 96.2 Å². The molecule has 0 aliphatic rings. The summed E-state index contributed by atoms with van der Waals surface area (Å²) in [4.78, 5) is 0. The van der Waals surface area contributed by atoms with Crippen LogP contribution in [0.2, 0.25) is 0 Å². The molecular formula is C13H16ClN. The molecule has 0 aromatic heterocycles. The van der Waals surface area contributed by atoms with E-state index in [0.29, 0.717) is 17.2 Å². The van der Waals surface area contributed by atoms with Crippen molar-refractivity contribution in [2.45, 2.75) is 20.3 Å². The fourth-order valence-corrected chi connectivity index (χ4v) is 1.46. The van der Waals surface area contributed by atoms with Crippen molar-refractivity contribution in [1.82, 2.24) is 0 Å². The molecule has 0 aliphatic carbocycles. The maximum atomic E-state index is 5.98. The summed E-state index contributed by atoms with van der Waals surface area (Å²) in [5.41, 5.74) is 9.01. The lowest BCUT2D eigenvalue weighted by Crippen LogP contribution is -2.03. The van der Waals surface area contributed by atoms with E-state index in [-0.39, 0.29) is 0 Å². The van der Waals surface area contributed by atoms with Crippen LogP contribution >= 0.6 is 11.6 Å². The van der Waals surface area contributed by atoms with E-state index in [1.54, 1.807) is 0 Å². The lowest BCUT2D eigenvalue weighted by Gasteiger charge is -2.03. The predicted molar refractivity (Wildman–Crippen MR) is 66.8 cm³/mol. The smallest absolute Gasteiger partial charge is 0.0593 e. The first kappa shape index (κ1) is 11.9. The lowest BCUT2D eigenvalue weighted by molar-refractivity contribution is 1.10. The molecule has 2 heteroatoms. The Morgan fingerprint density at radius 2 is 1.93 bits per heavy atom. The average molecular weight is 222 g/mol. The van der Waals surface area contributed by atoms with Gasteiger partial charge in [-0.15, -0.1) is 0 Å². The van der Waals surface area contributed by atoms with Gasteiger partial charge in [0.2, 0.25) is 0 Å². The van der Waals surface area contributed by atoms with Crippen molar-refractivity contribution in [3.05, 3.63) is 58.3 Å². The largest absolute Gasteiger partial charge is 0.401 e. The Balaban J connectivity index is 2.78. The Morgan fingerprint density at radius 3 is 2.47 bits per heavy atom. The van der Waals surface area contributed by atoms with Crippen molar-refractivity contribution < 1.29 is 0 Å². The number of halogens is 1. The first-order valence-electron chi connectivity index (χ1n) is 4.96. The minimum atomic E-state index is 0.623. The van der Waals surface area contributed by atoms with Gasteiger partial charge in [-0.3, -0.25) is 0 Å². The third kappa shape index (κ3) is 3.80. The SMILES string of the molecule is C/C=C\C(Cl)=C(/N)Cc1ccc(C)cc1.